The van der Waals surface area contributed by atoms with Crippen LogP contribution in [0.3, 0.4) is 0 Å². The van der Waals surface area contributed by atoms with Crippen molar-refractivity contribution in [3.63, 3.8) is 0 Å². The van der Waals surface area contributed by atoms with E-state index in [2.05, 4.69) is 10.6 Å². The summed E-state index contributed by atoms with van der Waals surface area (Å²) < 4.78 is 5.49. The number of carbonyl (C=O) groups is 2. The molecule has 34 heavy (non-hydrogen) atoms. The van der Waals surface area contributed by atoms with Crippen molar-refractivity contribution in [1.29, 1.82) is 0 Å². The fourth-order valence-corrected chi connectivity index (χ4v) is 4.17. The van der Waals surface area contributed by atoms with Crippen LogP contribution in [-0.2, 0) is 9.53 Å². The summed E-state index contributed by atoms with van der Waals surface area (Å²) in [6, 6.07) is 20.5. The van der Waals surface area contributed by atoms with E-state index in [0.717, 1.165) is 22.0 Å². The molecule has 1 unspecified atom stereocenters. The Bertz CT molecular complexity index is 1300. The molecule has 1 heterocycles. The summed E-state index contributed by atoms with van der Waals surface area (Å²) >= 11 is 5.45. The van der Waals surface area contributed by atoms with E-state index in [1.807, 2.05) is 94.5 Å². The molecule has 6 nitrogen and oxygen atoms in total. The zero-order valence-corrected chi connectivity index (χ0v) is 20.4. The van der Waals surface area contributed by atoms with Gasteiger partial charge in [-0.3, -0.25) is 4.79 Å². The maximum atomic E-state index is 12.9. The number of hydrogen-bond acceptors (Lipinski definition) is 4. The fraction of sp³-hybridized carbons (Fsp3) is 0.222. The number of carbonyl (C=O) groups excluding carboxylic acids is 2. The molecule has 0 fully saturated rings. The minimum Gasteiger partial charge on any atom is -0.459 e. The number of anilines is 1. The molecule has 7 heteroatoms. The molecule has 0 aromatic heterocycles. The topological polar surface area (TPSA) is 70.7 Å². The van der Waals surface area contributed by atoms with Gasteiger partial charge in [-0.05, 0) is 73.6 Å². The highest BCUT2D eigenvalue weighted by atomic mass is 32.1. The second-order valence-electron chi connectivity index (χ2n) is 8.53. The van der Waals surface area contributed by atoms with Crippen molar-refractivity contribution < 1.29 is 14.3 Å². The highest BCUT2D eigenvalue weighted by Gasteiger charge is 2.33. The van der Waals surface area contributed by atoms with E-state index in [1.54, 1.807) is 4.90 Å². The number of ether oxygens (including phenoxy) is 1. The first kappa shape index (κ1) is 23.4. The lowest BCUT2D eigenvalue weighted by Gasteiger charge is -2.35. The van der Waals surface area contributed by atoms with Crippen LogP contribution in [-0.4, -0.2) is 35.0 Å². The summed E-state index contributed by atoms with van der Waals surface area (Å²) in [5.74, 6) is -0.568. The van der Waals surface area contributed by atoms with Crippen molar-refractivity contribution in [2.45, 2.75) is 32.9 Å². The van der Waals surface area contributed by atoms with Gasteiger partial charge in [0, 0.05) is 24.0 Å². The normalized spacial score (nSPS) is 16.0. The van der Waals surface area contributed by atoms with E-state index >= 15 is 0 Å². The molecule has 2 N–H and O–H groups in total. The summed E-state index contributed by atoms with van der Waals surface area (Å²) in [5, 5.41) is 8.79. The Morgan fingerprint density at radius 3 is 2.38 bits per heavy atom. The average Bonchev–Trinajstić information content (AvgIpc) is 2.82. The Morgan fingerprint density at radius 1 is 1.03 bits per heavy atom. The van der Waals surface area contributed by atoms with Gasteiger partial charge >= 0.3 is 5.97 Å². The number of allylic oxidation sites excluding steroid dienone is 1. The summed E-state index contributed by atoms with van der Waals surface area (Å²) in [6.45, 7) is 5.50. The predicted octanol–water partition coefficient (Wildman–Crippen LogP) is 5.18. The van der Waals surface area contributed by atoms with Crippen LogP contribution in [0.5, 0.6) is 0 Å². The molecule has 1 aliphatic rings. The Balaban J connectivity index is 1.56. The van der Waals surface area contributed by atoms with Crippen molar-refractivity contribution in [2.24, 2.45) is 0 Å². The summed E-state index contributed by atoms with van der Waals surface area (Å²) in [7, 11) is 1.81. The SMILES string of the molecule is CC1=C(C(=O)OC(C)C)C(c2ccc(NC(=O)c3ccc4ccccc4c3)cc2)NC(=S)N1C. The van der Waals surface area contributed by atoms with E-state index in [9.17, 15) is 9.59 Å². The first-order valence-electron chi connectivity index (χ1n) is 11.1. The number of fused-ring (bicyclic) bond motifs is 1. The number of thiocarbonyl (C=S) groups is 1. The predicted molar refractivity (Wildman–Crippen MR) is 139 cm³/mol. The van der Waals surface area contributed by atoms with Crippen LogP contribution in [0, 0.1) is 0 Å². The number of amides is 1. The minimum atomic E-state index is -0.444. The third-order valence-electron chi connectivity index (χ3n) is 5.83. The quantitative estimate of drug-likeness (QED) is 0.393. The maximum Gasteiger partial charge on any atom is 0.338 e. The highest BCUT2D eigenvalue weighted by Crippen LogP contribution is 2.31. The molecule has 0 radical (unpaired) electrons. The van der Waals surface area contributed by atoms with Gasteiger partial charge in [0.15, 0.2) is 5.11 Å². The molecule has 3 aromatic carbocycles. The lowest BCUT2D eigenvalue weighted by Crippen LogP contribution is -2.46. The second kappa shape index (κ2) is 9.65. The van der Waals surface area contributed by atoms with Gasteiger partial charge < -0.3 is 20.3 Å². The Labute approximate surface area is 204 Å². The van der Waals surface area contributed by atoms with Gasteiger partial charge in [-0.1, -0.05) is 42.5 Å². The third kappa shape index (κ3) is 4.79. The zero-order valence-electron chi connectivity index (χ0n) is 19.6. The average molecular weight is 474 g/mol. The molecule has 0 saturated heterocycles. The number of nitrogens with zero attached hydrogens (tertiary/aromatic N) is 1. The molecule has 0 saturated carbocycles. The molecule has 1 aliphatic heterocycles. The van der Waals surface area contributed by atoms with E-state index < -0.39 is 6.04 Å². The Kier molecular flexibility index (Phi) is 6.65. The summed E-state index contributed by atoms with van der Waals surface area (Å²) in [6.07, 6.45) is -0.236. The molecule has 174 valence electrons. The molecule has 1 atom stereocenters. The smallest absolute Gasteiger partial charge is 0.338 e. The molecule has 0 bridgehead atoms. The number of benzene rings is 3. The van der Waals surface area contributed by atoms with E-state index in [0.29, 0.717) is 21.9 Å². The van der Waals surface area contributed by atoms with Crippen LogP contribution in [0.25, 0.3) is 10.8 Å². The zero-order chi connectivity index (χ0) is 24.4. The van der Waals surface area contributed by atoms with Crippen molar-refractivity contribution in [3.8, 4) is 0 Å². The van der Waals surface area contributed by atoms with E-state index in [4.69, 9.17) is 17.0 Å². The number of esters is 1. The first-order valence-corrected chi connectivity index (χ1v) is 11.5. The van der Waals surface area contributed by atoms with Gasteiger partial charge in [-0.2, -0.15) is 0 Å². The Hall–Kier alpha value is -3.71. The first-order chi connectivity index (χ1) is 16.2. The van der Waals surface area contributed by atoms with Gasteiger partial charge in [-0.25, -0.2) is 4.79 Å². The fourth-order valence-electron chi connectivity index (χ4n) is 3.92. The number of hydrogen-bond donors (Lipinski definition) is 2. The van der Waals surface area contributed by atoms with Crippen LogP contribution in [0.2, 0.25) is 0 Å². The van der Waals surface area contributed by atoms with Gasteiger partial charge in [0.1, 0.15) is 0 Å². The third-order valence-corrected chi connectivity index (χ3v) is 6.22. The number of nitrogens with one attached hydrogen (secondary N) is 2. The molecular weight excluding hydrogens is 446 g/mol. The van der Waals surface area contributed by atoms with E-state index in [-0.39, 0.29) is 18.0 Å². The minimum absolute atomic E-state index is 0.186. The molecule has 0 spiro atoms. The lowest BCUT2D eigenvalue weighted by atomic mass is 9.95. The molecular formula is C27H27N3O3S. The monoisotopic (exact) mass is 473 g/mol. The van der Waals surface area contributed by atoms with Crippen LogP contribution in [0.15, 0.2) is 78.0 Å². The molecule has 0 aliphatic carbocycles. The van der Waals surface area contributed by atoms with Crippen molar-refractivity contribution in [3.05, 3.63) is 89.1 Å². The van der Waals surface area contributed by atoms with Crippen LogP contribution < -0.4 is 10.6 Å². The van der Waals surface area contributed by atoms with Gasteiger partial charge in [0.25, 0.3) is 5.91 Å². The molecule has 4 rings (SSSR count). The van der Waals surface area contributed by atoms with Gasteiger partial charge in [0.2, 0.25) is 0 Å². The van der Waals surface area contributed by atoms with Crippen LogP contribution in [0.1, 0.15) is 42.7 Å². The maximum absolute atomic E-state index is 12.9. The molecule has 1 amide bonds. The highest BCUT2D eigenvalue weighted by molar-refractivity contribution is 7.80. The Morgan fingerprint density at radius 2 is 1.71 bits per heavy atom. The van der Waals surface area contributed by atoms with Gasteiger partial charge in [0.05, 0.1) is 17.7 Å². The summed E-state index contributed by atoms with van der Waals surface area (Å²) in [5.41, 5.74) is 3.34. The van der Waals surface area contributed by atoms with Crippen molar-refractivity contribution in [1.82, 2.24) is 10.2 Å². The second-order valence-corrected chi connectivity index (χ2v) is 8.92. The van der Waals surface area contributed by atoms with Crippen LogP contribution >= 0.6 is 12.2 Å². The van der Waals surface area contributed by atoms with E-state index in [1.165, 1.54) is 0 Å². The standard InChI is InChI=1S/C27H27N3O3S/c1-16(2)33-26(32)23-17(3)30(4)27(34)29-24(23)19-11-13-22(14-12-19)28-25(31)21-10-9-18-7-5-6-8-20(18)15-21/h5-16,24H,1-4H3,(H,28,31)(H,29,34). The number of rotatable bonds is 5. The largest absolute Gasteiger partial charge is 0.459 e. The van der Waals surface area contributed by atoms with Crippen molar-refractivity contribution >= 4 is 45.7 Å². The summed E-state index contributed by atoms with van der Waals surface area (Å²) in [4.78, 5) is 27.4. The van der Waals surface area contributed by atoms with Gasteiger partial charge in [-0.15, -0.1) is 0 Å². The van der Waals surface area contributed by atoms with Crippen molar-refractivity contribution in [2.75, 3.05) is 12.4 Å². The lowest BCUT2D eigenvalue weighted by molar-refractivity contribution is -0.143. The van der Waals surface area contributed by atoms with Crippen LogP contribution in [0.4, 0.5) is 5.69 Å². The molecule has 3 aromatic rings.